The Morgan fingerprint density at radius 2 is 2.07 bits per heavy atom. The number of amides is 1. The maximum Gasteiger partial charge on any atom is 0.409 e. The fraction of sp³-hybridized carbons (Fsp3) is 0.778. The van der Waals surface area contributed by atoms with Crippen LogP contribution in [0.2, 0.25) is 0 Å². The molecular weight excluding hydrogens is 186 g/mol. The van der Waals surface area contributed by atoms with Gasteiger partial charge in [0.05, 0.1) is 20.6 Å². The largest absolute Gasteiger partial charge is 0.469 e. The van der Waals surface area contributed by atoms with Crippen molar-refractivity contribution in [3.8, 4) is 0 Å². The smallest absolute Gasteiger partial charge is 0.409 e. The predicted molar refractivity (Wildman–Crippen MR) is 48.8 cm³/mol. The molecule has 0 aromatic heterocycles. The van der Waals surface area contributed by atoms with E-state index in [0.29, 0.717) is 6.54 Å². The van der Waals surface area contributed by atoms with Crippen LogP contribution in [0.4, 0.5) is 4.79 Å². The highest BCUT2D eigenvalue weighted by atomic mass is 16.5. The SMILES string of the molecule is COC(=O)C[C@@H]1CCCN1C(=O)OC. The van der Waals surface area contributed by atoms with Crippen LogP contribution >= 0.6 is 0 Å². The maximum atomic E-state index is 11.2. The molecule has 1 heterocycles. The minimum atomic E-state index is -0.364. The van der Waals surface area contributed by atoms with Crippen molar-refractivity contribution >= 4 is 12.1 Å². The summed E-state index contributed by atoms with van der Waals surface area (Å²) in [5, 5.41) is 0. The molecule has 1 aliphatic heterocycles. The van der Waals surface area contributed by atoms with Crippen molar-refractivity contribution in [2.24, 2.45) is 0 Å². The minimum absolute atomic E-state index is 0.0603. The van der Waals surface area contributed by atoms with Gasteiger partial charge in [0.1, 0.15) is 0 Å². The molecule has 0 aromatic carbocycles. The molecule has 0 unspecified atom stereocenters. The average molecular weight is 201 g/mol. The van der Waals surface area contributed by atoms with Crippen molar-refractivity contribution in [3.63, 3.8) is 0 Å². The minimum Gasteiger partial charge on any atom is -0.469 e. The van der Waals surface area contributed by atoms with Crippen molar-refractivity contribution in [2.45, 2.75) is 25.3 Å². The molecule has 0 bridgehead atoms. The van der Waals surface area contributed by atoms with E-state index >= 15 is 0 Å². The molecule has 0 saturated carbocycles. The van der Waals surface area contributed by atoms with Crippen LogP contribution in [0.5, 0.6) is 0 Å². The van der Waals surface area contributed by atoms with Gasteiger partial charge in [-0.25, -0.2) is 4.79 Å². The Balaban J connectivity index is 2.51. The highest BCUT2D eigenvalue weighted by Gasteiger charge is 2.31. The van der Waals surface area contributed by atoms with Gasteiger partial charge in [-0.15, -0.1) is 0 Å². The Hall–Kier alpha value is -1.26. The number of methoxy groups -OCH3 is 2. The second kappa shape index (κ2) is 4.83. The number of nitrogens with zero attached hydrogens (tertiary/aromatic N) is 1. The van der Waals surface area contributed by atoms with Gasteiger partial charge >= 0.3 is 12.1 Å². The highest BCUT2D eigenvalue weighted by molar-refractivity contribution is 5.73. The number of carbonyl (C=O) groups is 2. The molecule has 1 fully saturated rings. The summed E-state index contributed by atoms with van der Waals surface area (Å²) in [6.07, 6.45) is 1.64. The van der Waals surface area contributed by atoms with E-state index in [1.165, 1.54) is 14.2 Å². The molecule has 14 heavy (non-hydrogen) atoms. The summed E-state index contributed by atoms with van der Waals surface area (Å²) in [6, 6.07) is -0.0603. The summed E-state index contributed by atoms with van der Waals surface area (Å²) >= 11 is 0. The summed E-state index contributed by atoms with van der Waals surface area (Å²) < 4.78 is 9.17. The predicted octanol–water partition coefficient (Wildman–Crippen LogP) is 0.780. The van der Waals surface area contributed by atoms with Crippen molar-refractivity contribution < 1.29 is 19.1 Å². The van der Waals surface area contributed by atoms with E-state index in [4.69, 9.17) is 0 Å². The maximum absolute atomic E-state index is 11.2. The third kappa shape index (κ3) is 2.37. The number of rotatable bonds is 2. The molecule has 1 atom stereocenters. The van der Waals surface area contributed by atoms with Gasteiger partial charge in [0, 0.05) is 12.6 Å². The lowest BCUT2D eigenvalue weighted by Gasteiger charge is -2.21. The van der Waals surface area contributed by atoms with E-state index in [1.54, 1.807) is 4.90 Å². The molecule has 1 amide bonds. The first kappa shape index (κ1) is 10.8. The topological polar surface area (TPSA) is 55.8 Å². The van der Waals surface area contributed by atoms with Crippen LogP contribution in [-0.4, -0.2) is 43.8 Å². The number of ether oxygens (including phenoxy) is 2. The summed E-state index contributed by atoms with van der Waals surface area (Å²) in [6.45, 7) is 0.661. The van der Waals surface area contributed by atoms with E-state index in [9.17, 15) is 9.59 Å². The van der Waals surface area contributed by atoms with Gasteiger partial charge < -0.3 is 14.4 Å². The average Bonchev–Trinajstić information content (AvgIpc) is 2.64. The number of hydrogen-bond acceptors (Lipinski definition) is 4. The van der Waals surface area contributed by atoms with Gasteiger partial charge in [-0.3, -0.25) is 4.79 Å². The summed E-state index contributed by atoms with van der Waals surface area (Å²) in [5.41, 5.74) is 0. The van der Waals surface area contributed by atoms with E-state index < -0.39 is 0 Å². The quantitative estimate of drug-likeness (QED) is 0.619. The Kier molecular flexibility index (Phi) is 3.73. The molecule has 0 N–H and O–H groups in total. The van der Waals surface area contributed by atoms with Crippen LogP contribution in [0.15, 0.2) is 0 Å². The zero-order valence-electron chi connectivity index (χ0n) is 8.49. The fourth-order valence-corrected chi connectivity index (χ4v) is 1.68. The van der Waals surface area contributed by atoms with Crippen LogP contribution in [-0.2, 0) is 14.3 Å². The molecule has 5 heteroatoms. The second-order valence-corrected chi connectivity index (χ2v) is 3.24. The van der Waals surface area contributed by atoms with Crippen molar-refractivity contribution in [2.75, 3.05) is 20.8 Å². The van der Waals surface area contributed by atoms with Crippen LogP contribution in [0.1, 0.15) is 19.3 Å². The first-order chi connectivity index (χ1) is 6.69. The first-order valence-electron chi connectivity index (χ1n) is 4.60. The molecule has 0 aromatic rings. The van der Waals surface area contributed by atoms with E-state index in [0.717, 1.165) is 12.8 Å². The van der Waals surface area contributed by atoms with E-state index in [1.807, 2.05) is 0 Å². The molecule has 1 rings (SSSR count). The van der Waals surface area contributed by atoms with Gasteiger partial charge in [-0.05, 0) is 12.8 Å². The molecular formula is C9H15NO4. The van der Waals surface area contributed by atoms with Gasteiger partial charge in [-0.1, -0.05) is 0 Å². The third-order valence-electron chi connectivity index (χ3n) is 2.42. The van der Waals surface area contributed by atoms with Crippen LogP contribution < -0.4 is 0 Å². The van der Waals surface area contributed by atoms with E-state index in [2.05, 4.69) is 9.47 Å². The van der Waals surface area contributed by atoms with E-state index in [-0.39, 0.29) is 24.5 Å². The Bertz CT molecular complexity index is 229. The first-order valence-corrected chi connectivity index (χ1v) is 4.60. The lowest BCUT2D eigenvalue weighted by molar-refractivity contribution is -0.141. The summed E-state index contributed by atoms with van der Waals surface area (Å²) in [4.78, 5) is 23.8. The summed E-state index contributed by atoms with van der Waals surface area (Å²) in [7, 11) is 2.69. The number of hydrogen-bond donors (Lipinski definition) is 0. The standard InChI is InChI=1S/C9H15NO4/c1-13-8(11)6-7-4-3-5-10(7)9(12)14-2/h7H,3-6H2,1-2H3/t7-/m0/s1. The lowest BCUT2D eigenvalue weighted by Crippen LogP contribution is -2.36. The zero-order chi connectivity index (χ0) is 10.6. The zero-order valence-corrected chi connectivity index (χ0v) is 8.49. The number of esters is 1. The number of carbonyl (C=O) groups excluding carboxylic acids is 2. The van der Waals surface area contributed by atoms with Crippen molar-refractivity contribution in [1.29, 1.82) is 0 Å². The Morgan fingerprint density at radius 1 is 1.36 bits per heavy atom. The molecule has 1 saturated heterocycles. The molecule has 5 nitrogen and oxygen atoms in total. The third-order valence-corrected chi connectivity index (χ3v) is 2.42. The fourth-order valence-electron chi connectivity index (χ4n) is 1.68. The van der Waals surface area contributed by atoms with Crippen molar-refractivity contribution in [3.05, 3.63) is 0 Å². The van der Waals surface area contributed by atoms with Gasteiger partial charge in [0.15, 0.2) is 0 Å². The normalized spacial score (nSPS) is 20.7. The second-order valence-electron chi connectivity index (χ2n) is 3.24. The molecule has 1 aliphatic rings. The number of likely N-dealkylation sites (tertiary alicyclic amines) is 1. The molecule has 80 valence electrons. The summed E-state index contributed by atoms with van der Waals surface area (Å²) in [5.74, 6) is -0.286. The van der Waals surface area contributed by atoms with Crippen LogP contribution in [0, 0.1) is 0 Å². The highest BCUT2D eigenvalue weighted by Crippen LogP contribution is 2.20. The van der Waals surface area contributed by atoms with Crippen LogP contribution in [0.25, 0.3) is 0 Å². The van der Waals surface area contributed by atoms with Gasteiger partial charge in [0.2, 0.25) is 0 Å². The lowest BCUT2D eigenvalue weighted by atomic mass is 10.1. The van der Waals surface area contributed by atoms with Crippen LogP contribution in [0.3, 0.4) is 0 Å². The Labute approximate surface area is 83.0 Å². The van der Waals surface area contributed by atoms with Gasteiger partial charge in [-0.2, -0.15) is 0 Å². The molecule has 0 radical (unpaired) electrons. The molecule has 0 aliphatic carbocycles. The van der Waals surface area contributed by atoms with Crippen molar-refractivity contribution in [1.82, 2.24) is 4.90 Å². The molecule has 0 spiro atoms. The Morgan fingerprint density at radius 3 is 2.64 bits per heavy atom. The van der Waals surface area contributed by atoms with Gasteiger partial charge in [0.25, 0.3) is 0 Å². The monoisotopic (exact) mass is 201 g/mol.